The zero-order valence-corrected chi connectivity index (χ0v) is 20.2. The average Bonchev–Trinajstić information content (AvgIpc) is 2.76. The Morgan fingerprint density at radius 1 is 1.07 bits per heavy atom. The summed E-state index contributed by atoms with van der Waals surface area (Å²) >= 11 is 0. The minimum Gasteiger partial charge on any atom is -0.492 e. The molecule has 1 aromatic carbocycles. The van der Waals surface area contributed by atoms with Crippen molar-refractivity contribution in [1.82, 2.24) is 20.5 Å². The highest BCUT2D eigenvalue weighted by Gasteiger charge is 2.14. The van der Waals surface area contributed by atoms with Gasteiger partial charge in [-0.05, 0) is 37.7 Å². The van der Waals surface area contributed by atoms with Crippen molar-refractivity contribution in [2.24, 2.45) is 4.99 Å². The van der Waals surface area contributed by atoms with Crippen molar-refractivity contribution >= 4 is 35.8 Å². The molecular weight excluding hydrogens is 491 g/mol. The molecule has 0 unspecified atom stereocenters. The number of guanidine groups is 1. The largest absolute Gasteiger partial charge is 0.492 e. The Hall–Kier alpha value is -2.07. The molecule has 0 bridgehead atoms. The van der Waals surface area contributed by atoms with Crippen LogP contribution in [-0.4, -0.2) is 68.8 Å². The van der Waals surface area contributed by atoms with E-state index in [1.807, 2.05) is 36.5 Å². The quantitative estimate of drug-likeness (QED) is 0.240. The van der Waals surface area contributed by atoms with Crippen LogP contribution in [-0.2, 0) is 6.54 Å². The van der Waals surface area contributed by atoms with Gasteiger partial charge >= 0.3 is 0 Å². The Labute approximate surface area is 196 Å². The number of halogens is 1. The number of piperazine rings is 1. The first-order chi connectivity index (χ1) is 14.2. The first-order valence-corrected chi connectivity index (χ1v) is 10.3. The molecule has 3 rings (SSSR count). The molecule has 0 spiro atoms. The van der Waals surface area contributed by atoms with Crippen LogP contribution >= 0.6 is 24.0 Å². The number of aromatic nitrogens is 1. The summed E-state index contributed by atoms with van der Waals surface area (Å²) in [4.78, 5) is 14.0. The maximum atomic E-state index is 5.71. The van der Waals surface area contributed by atoms with E-state index in [2.05, 4.69) is 56.5 Å². The first kappa shape index (κ1) is 24.2. The topological polar surface area (TPSA) is 65.0 Å². The molecule has 1 aromatic heterocycles. The number of aliphatic imine (C=N–C) groups is 1. The Bertz CT molecular complexity index is 748. The van der Waals surface area contributed by atoms with Gasteiger partial charge in [0.2, 0.25) is 0 Å². The number of pyridine rings is 1. The van der Waals surface area contributed by atoms with E-state index in [1.54, 1.807) is 0 Å². The molecule has 8 heteroatoms. The summed E-state index contributed by atoms with van der Waals surface area (Å²) in [6, 6.07) is 14.1. The number of nitrogens with one attached hydrogen (secondary N) is 2. The molecule has 0 radical (unpaired) electrons. The van der Waals surface area contributed by atoms with Gasteiger partial charge in [-0.2, -0.15) is 0 Å². The summed E-state index contributed by atoms with van der Waals surface area (Å²) < 4.78 is 5.71. The molecule has 2 heterocycles. The lowest BCUT2D eigenvalue weighted by atomic mass is 10.2. The van der Waals surface area contributed by atoms with Crippen LogP contribution in [0.15, 0.2) is 53.7 Å². The second-order valence-electron chi connectivity index (χ2n) is 7.10. The maximum Gasteiger partial charge on any atom is 0.191 e. The van der Waals surface area contributed by atoms with E-state index in [1.165, 1.54) is 0 Å². The fourth-order valence-corrected chi connectivity index (χ4v) is 3.10. The number of benzene rings is 1. The van der Waals surface area contributed by atoms with Crippen molar-refractivity contribution in [3.05, 3.63) is 54.2 Å². The van der Waals surface area contributed by atoms with E-state index in [0.717, 1.165) is 55.8 Å². The fourth-order valence-electron chi connectivity index (χ4n) is 3.10. The highest BCUT2D eigenvalue weighted by atomic mass is 127. The van der Waals surface area contributed by atoms with Gasteiger partial charge in [-0.25, -0.2) is 9.98 Å². The highest BCUT2D eigenvalue weighted by molar-refractivity contribution is 14.0. The van der Waals surface area contributed by atoms with Gasteiger partial charge in [-0.1, -0.05) is 24.3 Å². The van der Waals surface area contributed by atoms with E-state index in [9.17, 15) is 0 Å². The number of anilines is 1. The van der Waals surface area contributed by atoms with Crippen LogP contribution in [0, 0.1) is 0 Å². The van der Waals surface area contributed by atoms with Gasteiger partial charge in [0.15, 0.2) is 5.96 Å². The molecule has 0 saturated carbocycles. The van der Waals surface area contributed by atoms with Crippen LogP contribution in [0.5, 0.6) is 5.75 Å². The average molecular weight is 524 g/mol. The maximum absolute atomic E-state index is 5.71. The van der Waals surface area contributed by atoms with Crippen molar-refractivity contribution in [1.29, 1.82) is 0 Å². The lowest BCUT2D eigenvalue weighted by Crippen LogP contribution is -2.44. The molecule has 1 aliphatic heterocycles. The predicted octanol–water partition coefficient (Wildman–Crippen LogP) is 2.59. The van der Waals surface area contributed by atoms with Crippen molar-refractivity contribution in [3.8, 4) is 5.75 Å². The van der Waals surface area contributed by atoms with Crippen LogP contribution in [0.1, 0.15) is 12.5 Å². The van der Waals surface area contributed by atoms with Gasteiger partial charge in [0.25, 0.3) is 0 Å². The first-order valence-electron chi connectivity index (χ1n) is 10.3. The third-order valence-corrected chi connectivity index (χ3v) is 4.81. The van der Waals surface area contributed by atoms with Gasteiger partial charge in [0.05, 0.1) is 13.1 Å². The van der Waals surface area contributed by atoms with Gasteiger partial charge in [-0.3, -0.25) is 0 Å². The lowest BCUT2D eigenvalue weighted by Gasteiger charge is -2.33. The minimum absolute atomic E-state index is 0. The summed E-state index contributed by atoms with van der Waals surface area (Å²) in [5, 5.41) is 6.58. The molecular formula is C22H33IN6O. The molecule has 0 atom stereocenters. The van der Waals surface area contributed by atoms with Gasteiger partial charge in [0.1, 0.15) is 18.2 Å². The van der Waals surface area contributed by atoms with Gasteiger partial charge < -0.3 is 25.2 Å². The SMILES string of the molecule is CCNC(=NCc1ccc(N2CCN(C)CC2)nc1)NCCOc1ccccc1.I. The van der Waals surface area contributed by atoms with Crippen molar-refractivity contribution in [3.63, 3.8) is 0 Å². The second-order valence-corrected chi connectivity index (χ2v) is 7.10. The Morgan fingerprint density at radius 3 is 2.50 bits per heavy atom. The molecule has 30 heavy (non-hydrogen) atoms. The predicted molar refractivity (Wildman–Crippen MR) is 134 cm³/mol. The number of rotatable bonds is 8. The number of hydrogen-bond donors (Lipinski definition) is 2. The zero-order valence-electron chi connectivity index (χ0n) is 17.9. The number of para-hydroxylation sites is 1. The molecule has 0 amide bonds. The van der Waals surface area contributed by atoms with E-state index in [-0.39, 0.29) is 24.0 Å². The Morgan fingerprint density at radius 2 is 1.83 bits per heavy atom. The van der Waals surface area contributed by atoms with Crippen molar-refractivity contribution in [2.75, 3.05) is 57.8 Å². The molecule has 1 aliphatic rings. The van der Waals surface area contributed by atoms with E-state index >= 15 is 0 Å². The molecule has 2 aromatic rings. The van der Waals surface area contributed by atoms with E-state index < -0.39 is 0 Å². The number of hydrogen-bond acceptors (Lipinski definition) is 5. The zero-order chi connectivity index (χ0) is 20.3. The monoisotopic (exact) mass is 524 g/mol. The molecule has 0 aliphatic carbocycles. The standard InChI is InChI=1S/C22H32N6O.HI/c1-3-23-22(24-11-16-29-20-7-5-4-6-8-20)26-18-19-9-10-21(25-17-19)28-14-12-27(2)13-15-28;/h4-10,17H,3,11-16,18H2,1-2H3,(H2,23,24,26);1H. The number of likely N-dealkylation sites (N-methyl/N-ethyl adjacent to an activating group) is 1. The van der Waals surface area contributed by atoms with Crippen LogP contribution in [0.4, 0.5) is 5.82 Å². The summed E-state index contributed by atoms with van der Waals surface area (Å²) in [6.07, 6.45) is 1.93. The normalized spacial score (nSPS) is 14.7. The van der Waals surface area contributed by atoms with Crippen LogP contribution < -0.4 is 20.3 Å². The molecule has 164 valence electrons. The van der Waals surface area contributed by atoms with Crippen LogP contribution in [0.3, 0.4) is 0 Å². The fraction of sp³-hybridized carbons (Fsp3) is 0.455. The van der Waals surface area contributed by atoms with Crippen LogP contribution in [0.2, 0.25) is 0 Å². The van der Waals surface area contributed by atoms with Gasteiger partial charge in [-0.15, -0.1) is 24.0 Å². The third kappa shape index (κ3) is 7.98. The van der Waals surface area contributed by atoms with Crippen molar-refractivity contribution < 1.29 is 4.74 Å². The summed E-state index contributed by atoms with van der Waals surface area (Å²) in [5.41, 5.74) is 1.10. The summed E-state index contributed by atoms with van der Waals surface area (Å²) in [7, 11) is 2.16. The van der Waals surface area contributed by atoms with Crippen LogP contribution in [0.25, 0.3) is 0 Å². The Kier molecular flexibility index (Phi) is 10.7. The second kappa shape index (κ2) is 13.3. The molecule has 1 fully saturated rings. The summed E-state index contributed by atoms with van der Waals surface area (Å²) in [6.45, 7) is 8.94. The van der Waals surface area contributed by atoms with Gasteiger partial charge in [0, 0.05) is 38.9 Å². The molecule has 1 saturated heterocycles. The molecule has 7 nitrogen and oxygen atoms in total. The third-order valence-electron chi connectivity index (χ3n) is 4.81. The number of ether oxygens (including phenoxy) is 1. The Balaban J connectivity index is 0.00000320. The highest BCUT2D eigenvalue weighted by Crippen LogP contribution is 2.14. The van der Waals surface area contributed by atoms with Crippen molar-refractivity contribution in [2.45, 2.75) is 13.5 Å². The van der Waals surface area contributed by atoms with E-state index in [4.69, 9.17) is 4.74 Å². The minimum atomic E-state index is 0. The smallest absolute Gasteiger partial charge is 0.191 e. The number of nitrogens with zero attached hydrogens (tertiary/aromatic N) is 4. The summed E-state index contributed by atoms with van der Waals surface area (Å²) in [5.74, 6) is 2.71. The lowest BCUT2D eigenvalue weighted by molar-refractivity contribution is 0.312. The van der Waals surface area contributed by atoms with E-state index in [0.29, 0.717) is 19.7 Å². The molecule has 2 N–H and O–H groups in total.